The first-order valence-electron chi connectivity index (χ1n) is 20.0. The Morgan fingerprint density at radius 2 is 1.61 bits per heavy atom. The van der Waals surface area contributed by atoms with E-state index < -0.39 is 18.1 Å². The SMILES string of the molecule is CCOc1ccc(O)cc1CC(=O)N[C@H](C(=O)N[C@@H](CC)/C(CSCc1ccccc1)=N\NC(=O)NCC1CCC(C(=O)NCc2ccc(C)cc2)CC1)C(C)C. The van der Waals surface area contributed by atoms with Crippen molar-refractivity contribution in [1.29, 1.82) is 0 Å². The summed E-state index contributed by atoms with van der Waals surface area (Å²) in [4.78, 5) is 52.9. The molecule has 0 aromatic heterocycles. The van der Waals surface area contributed by atoms with Crippen LogP contribution in [0.5, 0.6) is 11.5 Å². The molecule has 12 nitrogen and oxygen atoms in total. The van der Waals surface area contributed by atoms with E-state index in [4.69, 9.17) is 4.74 Å². The topological polar surface area (TPSA) is 170 Å². The fourth-order valence-electron chi connectivity index (χ4n) is 6.74. The summed E-state index contributed by atoms with van der Waals surface area (Å²) in [6.07, 6.45) is 3.65. The van der Waals surface area contributed by atoms with E-state index in [1.807, 2.05) is 89.2 Å². The maximum atomic E-state index is 13.8. The molecule has 1 aliphatic carbocycles. The third-order valence-electron chi connectivity index (χ3n) is 10.1. The van der Waals surface area contributed by atoms with Crippen LogP contribution in [0.15, 0.2) is 77.9 Å². The Labute approximate surface area is 341 Å². The van der Waals surface area contributed by atoms with Crippen molar-refractivity contribution in [1.82, 2.24) is 26.7 Å². The largest absolute Gasteiger partial charge is 0.508 e. The number of nitrogens with one attached hydrogen (secondary N) is 5. The zero-order valence-corrected chi connectivity index (χ0v) is 34.8. The number of hydrogen-bond acceptors (Lipinski definition) is 8. The highest BCUT2D eigenvalue weighted by atomic mass is 32.2. The smallest absolute Gasteiger partial charge is 0.335 e. The van der Waals surface area contributed by atoms with Crippen molar-refractivity contribution in [3.63, 3.8) is 0 Å². The number of hydrogen-bond donors (Lipinski definition) is 6. The van der Waals surface area contributed by atoms with E-state index in [-0.39, 0.29) is 47.6 Å². The van der Waals surface area contributed by atoms with Crippen molar-refractivity contribution in [2.75, 3.05) is 18.9 Å². The molecule has 0 radical (unpaired) electrons. The van der Waals surface area contributed by atoms with Crippen LogP contribution in [0.3, 0.4) is 0 Å². The highest BCUT2D eigenvalue weighted by Crippen LogP contribution is 2.29. The van der Waals surface area contributed by atoms with Crippen molar-refractivity contribution in [2.24, 2.45) is 22.9 Å². The van der Waals surface area contributed by atoms with Crippen molar-refractivity contribution < 1.29 is 29.0 Å². The summed E-state index contributed by atoms with van der Waals surface area (Å²) in [5.74, 6) is 0.991. The summed E-state index contributed by atoms with van der Waals surface area (Å²) >= 11 is 1.62. The van der Waals surface area contributed by atoms with Gasteiger partial charge in [0, 0.05) is 36.1 Å². The van der Waals surface area contributed by atoms with Crippen LogP contribution in [0.2, 0.25) is 0 Å². The predicted molar refractivity (Wildman–Crippen MR) is 227 cm³/mol. The maximum absolute atomic E-state index is 13.8. The maximum Gasteiger partial charge on any atom is 0.335 e. The van der Waals surface area contributed by atoms with Gasteiger partial charge in [-0.05, 0) is 87.1 Å². The standard InChI is InChI=1S/C44H60N6O6S/c1-6-37(47-43(54)41(29(3)4)48-40(52)24-35-23-36(51)21-22-39(35)56-7-2)38(28-57-27-33-11-9-8-10-12-33)49-50-44(55)46-26-32-17-19-34(20-18-32)42(53)45-25-31-15-13-30(5)14-16-31/h8-16,21-23,29,32,34,37,41,51H,6-7,17-20,24-28H2,1-5H3,(H,45,53)(H,47,54)(H,48,52)(H2,46,50,55)/b49-38-/t32?,34?,37-,41-/m0/s1. The minimum Gasteiger partial charge on any atom is -0.508 e. The van der Waals surface area contributed by atoms with Crippen LogP contribution in [0.4, 0.5) is 4.79 Å². The molecule has 5 amide bonds. The average Bonchev–Trinajstić information content (AvgIpc) is 3.20. The second-order valence-corrected chi connectivity index (χ2v) is 16.0. The molecule has 2 atom stereocenters. The van der Waals surface area contributed by atoms with Crippen LogP contribution in [-0.4, -0.2) is 65.6 Å². The molecule has 0 heterocycles. The number of thioether (sulfide) groups is 1. The van der Waals surface area contributed by atoms with Crippen molar-refractivity contribution in [3.8, 4) is 11.5 Å². The van der Waals surface area contributed by atoms with Gasteiger partial charge in [0.25, 0.3) is 0 Å². The van der Waals surface area contributed by atoms with E-state index in [0.717, 1.165) is 36.8 Å². The molecule has 1 aliphatic rings. The number of urea groups is 1. The van der Waals surface area contributed by atoms with Crippen molar-refractivity contribution in [2.45, 2.75) is 97.5 Å². The first-order chi connectivity index (χ1) is 27.4. The van der Waals surface area contributed by atoms with E-state index in [9.17, 15) is 24.3 Å². The molecule has 0 saturated heterocycles. The molecule has 6 N–H and O–H groups in total. The van der Waals surface area contributed by atoms with Gasteiger partial charge in [0.2, 0.25) is 17.7 Å². The zero-order valence-electron chi connectivity index (χ0n) is 33.9. The minimum absolute atomic E-state index is 0.0165. The number of carbonyl (C=O) groups excluding carboxylic acids is 4. The number of phenols is 1. The van der Waals surface area contributed by atoms with Crippen LogP contribution in [0.25, 0.3) is 0 Å². The molecule has 1 saturated carbocycles. The Bertz CT molecular complexity index is 1780. The predicted octanol–water partition coefficient (Wildman–Crippen LogP) is 6.39. The Morgan fingerprint density at radius 3 is 2.28 bits per heavy atom. The number of rotatable bonds is 20. The monoisotopic (exact) mass is 800 g/mol. The number of aryl methyl sites for hydroxylation is 1. The van der Waals surface area contributed by atoms with Gasteiger partial charge >= 0.3 is 6.03 Å². The van der Waals surface area contributed by atoms with Gasteiger partial charge in [-0.1, -0.05) is 80.9 Å². The van der Waals surface area contributed by atoms with Gasteiger partial charge in [-0.25, -0.2) is 10.2 Å². The van der Waals surface area contributed by atoms with Gasteiger partial charge in [0.1, 0.15) is 17.5 Å². The number of phenolic OH excluding ortho intramolecular Hbond substituents is 1. The molecule has 0 bridgehead atoms. The number of hydrazone groups is 1. The summed E-state index contributed by atoms with van der Waals surface area (Å²) in [5, 5.41) is 26.5. The van der Waals surface area contributed by atoms with E-state index in [2.05, 4.69) is 31.8 Å². The molecule has 0 aliphatic heterocycles. The lowest BCUT2D eigenvalue weighted by atomic mass is 9.81. The second-order valence-electron chi connectivity index (χ2n) is 15.0. The summed E-state index contributed by atoms with van der Waals surface area (Å²) in [5.41, 5.74) is 7.17. The summed E-state index contributed by atoms with van der Waals surface area (Å²) in [6.45, 7) is 10.9. The fourth-order valence-corrected chi connectivity index (χ4v) is 7.75. The summed E-state index contributed by atoms with van der Waals surface area (Å²) < 4.78 is 5.63. The molecule has 0 unspecified atom stereocenters. The molecule has 3 aromatic rings. The number of amides is 5. The average molecular weight is 801 g/mol. The first kappa shape index (κ1) is 44.7. The van der Waals surface area contributed by atoms with Gasteiger partial charge in [0.15, 0.2) is 0 Å². The van der Waals surface area contributed by atoms with E-state index in [0.29, 0.717) is 54.6 Å². The third-order valence-corrected chi connectivity index (χ3v) is 11.1. The molecule has 4 rings (SSSR count). The van der Waals surface area contributed by atoms with Crippen LogP contribution in [0, 0.1) is 24.7 Å². The normalized spacial score (nSPS) is 16.6. The van der Waals surface area contributed by atoms with Gasteiger partial charge in [0.05, 0.1) is 24.8 Å². The quantitative estimate of drug-likeness (QED) is 0.0569. The van der Waals surface area contributed by atoms with Crippen molar-refractivity contribution in [3.05, 3.63) is 95.1 Å². The van der Waals surface area contributed by atoms with Gasteiger partial charge in [-0.15, -0.1) is 0 Å². The summed E-state index contributed by atoms with van der Waals surface area (Å²) in [6, 6.07) is 21.0. The number of benzene rings is 3. The van der Waals surface area contributed by atoms with Crippen LogP contribution in [-0.2, 0) is 33.1 Å². The number of nitrogens with zero attached hydrogens (tertiary/aromatic N) is 1. The Balaban J connectivity index is 1.33. The number of aromatic hydroxyl groups is 1. The second kappa shape index (κ2) is 23.3. The Morgan fingerprint density at radius 1 is 0.895 bits per heavy atom. The molecule has 308 valence electrons. The number of ether oxygens (including phenoxy) is 1. The van der Waals surface area contributed by atoms with E-state index in [1.54, 1.807) is 17.8 Å². The molecular weight excluding hydrogens is 741 g/mol. The molecule has 1 fully saturated rings. The lowest BCUT2D eigenvalue weighted by Gasteiger charge is -2.28. The van der Waals surface area contributed by atoms with Crippen LogP contribution < -0.4 is 31.4 Å². The molecule has 57 heavy (non-hydrogen) atoms. The Hall–Kier alpha value is -5.04. The van der Waals surface area contributed by atoms with Crippen LogP contribution in [0.1, 0.15) is 82.1 Å². The number of carbonyl (C=O) groups is 4. The first-order valence-corrected chi connectivity index (χ1v) is 21.2. The molecule has 13 heteroatoms. The fraction of sp³-hybridized carbons (Fsp3) is 0.477. The minimum atomic E-state index is -0.844. The third kappa shape index (κ3) is 15.1. The van der Waals surface area contributed by atoms with Crippen molar-refractivity contribution >= 4 is 41.2 Å². The molecule has 3 aromatic carbocycles. The van der Waals surface area contributed by atoms with Gasteiger partial charge < -0.3 is 31.1 Å². The van der Waals surface area contributed by atoms with Crippen LogP contribution >= 0.6 is 11.8 Å². The Kier molecular flexibility index (Phi) is 18.2. The highest BCUT2D eigenvalue weighted by molar-refractivity contribution is 7.99. The molecular formula is C44H60N6O6S. The summed E-state index contributed by atoms with van der Waals surface area (Å²) in [7, 11) is 0. The zero-order chi connectivity index (χ0) is 41.2. The van der Waals surface area contributed by atoms with E-state index in [1.165, 1.54) is 17.7 Å². The highest BCUT2D eigenvalue weighted by Gasteiger charge is 2.29. The lowest BCUT2D eigenvalue weighted by molar-refractivity contribution is -0.130. The lowest BCUT2D eigenvalue weighted by Crippen LogP contribution is -2.54. The van der Waals surface area contributed by atoms with Gasteiger partial charge in [-0.3, -0.25) is 14.4 Å². The van der Waals surface area contributed by atoms with Gasteiger partial charge in [-0.2, -0.15) is 16.9 Å². The molecule has 0 spiro atoms. The van der Waals surface area contributed by atoms with E-state index >= 15 is 0 Å².